The fraction of sp³-hybridized carbons (Fsp3) is 0.538. The van der Waals surface area contributed by atoms with E-state index >= 15 is 0 Å². The molecule has 0 saturated carbocycles. The van der Waals surface area contributed by atoms with Crippen molar-refractivity contribution in [2.75, 3.05) is 20.8 Å². The summed E-state index contributed by atoms with van der Waals surface area (Å²) in [5.41, 5.74) is 0.439. The summed E-state index contributed by atoms with van der Waals surface area (Å²) < 4.78 is 14.6. The molecule has 0 spiro atoms. The van der Waals surface area contributed by atoms with Crippen LogP contribution in [0, 0.1) is 6.92 Å². The van der Waals surface area contributed by atoms with Gasteiger partial charge in [-0.3, -0.25) is 4.79 Å². The van der Waals surface area contributed by atoms with E-state index in [0.717, 1.165) is 0 Å². The van der Waals surface area contributed by atoms with Crippen LogP contribution in [0.3, 0.4) is 0 Å². The molecular formula is C13H19NO5. The van der Waals surface area contributed by atoms with E-state index in [0.29, 0.717) is 43.0 Å². The Morgan fingerprint density at radius 3 is 2.68 bits per heavy atom. The van der Waals surface area contributed by atoms with E-state index in [2.05, 4.69) is 14.8 Å². The third-order valence-corrected chi connectivity index (χ3v) is 2.64. The van der Waals surface area contributed by atoms with Gasteiger partial charge in [0.2, 0.25) is 0 Å². The van der Waals surface area contributed by atoms with Gasteiger partial charge in [-0.15, -0.1) is 0 Å². The molecule has 106 valence electrons. The van der Waals surface area contributed by atoms with Crippen molar-refractivity contribution < 1.29 is 23.5 Å². The summed E-state index contributed by atoms with van der Waals surface area (Å²) >= 11 is 0. The maximum atomic E-state index is 11.4. The van der Waals surface area contributed by atoms with E-state index in [4.69, 9.17) is 4.42 Å². The van der Waals surface area contributed by atoms with Crippen molar-refractivity contribution in [2.24, 2.45) is 0 Å². The second-order valence-corrected chi connectivity index (χ2v) is 4.03. The van der Waals surface area contributed by atoms with Gasteiger partial charge in [-0.1, -0.05) is 0 Å². The van der Waals surface area contributed by atoms with Gasteiger partial charge in [-0.05, 0) is 26.0 Å². The van der Waals surface area contributed by atoms with Gasteiger partial charge in [0.05, 0.1) is 20.8 Å². The van der Waals surface area contributed by atoms with Gasteiger partial charge in [0.15, 0.2) is 0 Å². The van der Waals surface area contributed by atoms with E-state index in [-0.39, 0.29) is 5.97 Å². The van der Waals surface area contributed by atoms with E-state index in [1.54, 1.807) is 13.0 Å². The van der Waals surface area contributed by atoms with Gasteiger partial charge < -0.3 is 19.2 Å². The third kappa shape index (κ3) is 4.75. The predicted octanol–water partition coefficient (Wildman–Crippen LogP) is 1.42. The van der Waals surface area contributed by atoms with E-state index in [1.807, 2.05) is 0 Å². The number of carbonyl (C=O) groups excluding carboxylic acids is 2. The molecule has 1 heterocycles. The van der Waals surface area contributed by atoms with Crippen molar-refractivity contribution >= 4 is 11.9 Å². The van der Waals surface area contributed by atoms with Crippen molar-refractivity contribution in [1.29, 1.82) is 0 Å². The van der Waals surface area contributed by atoms with Crippen LogP contribution in [0.4, 0.5) is 0 Å². The summed E-state index contributed by atoms with van der Waals surface area (Å²) in [5.74, 6) is 0.580. The van der Waals surface area contributed by atoms with Gasteiger partial charge in [0, 0.05) is 6.42 Å². The van der Waals surface area contributed by atoms with Crippen LogP contribution in [0.5, 0.6) is 0 Å². The topological polar surface area (TPSA) is 77.8 Å². The highest BCUT2D eigenvalue weighted by atomic mass is 16.5. The highest BCUT2D eigenvalue weighted by Gasteiger charge is 2.14. The van der Waals surface area contributed by atoms with Crippen LogP contribution in [0.25, 0.3) is 0 Å². The molecule has 0 saturated heterocycles. The number of carbonyl (C=O) groups is 2. The van der Waals surface area contributed by atoms with Crippen molar-refractivity contribution in [2.45, 2.75) is 26.3 Å². The molecule has 0 unspecified atom stereocenters. The zero-order valence-electron chi connectivity index (χ0n) is 11.4. The normalized spacial score (nSPS) is 10.3. The Kier molecular flexibility index (Phi) is 6.08. The molecule has 0 aliphatic heterocycles. The van der Waals surface area contributed by atoms with Crippen molar-refractivity contribution in [3.05, 3.63) is 23.2 Å². The summed E-state index contributed by atoms with van der Waals surface area (Å²) in [5, 5.41) is 3.12. The molecule has 0 amide bonds. The fourth-order valence-electron chi connectivity index (χ4n) is 1.61. The number of methoxy groups -OCH3 is 2. The maximum Gasteiger partial charge on any atom is 0.341 e. The van der Waals surface area contributed by atoms with Gasteiger partial charge in [-0.25, -0.2) is 4.79 Å². The lowest BCUT2D eigenvalue weighted by atomic mass is 10.2. The van der Waals surface area contributed by atoms with Crippen molar-refractivity contribution in [3.63, 3.8) is 0 Å². The predicted molar refractivity (Wildman–Crippen MR) is 67.7 cm³/mol. The van der Waals surface area contributed by atoms with Crippen LogP contribution < -0.4 is 5.32 Å². The molecule has 0 aromatic carbocycles. The molecule has 0 bridgehead atoms. The lowest BCUT2D eigenvalue weighted by Crippen LogP contribution is -2.15. The molecule has 0 fully saturated rings. The Balaban J connectivity index is 2.34. The standard InChI is InChI=1S/C13H19NO5/c1-9-11(13(16)18-3)7-10(19-9)8-14-6-4-5-12(15)17-2/h7,14H,4-6,8H2,1-3H3. The Labute approximate surface area is 112 Å². The van der Waals surface area contributed by atoms with Crippen molar-refractivity contribution in [1.82, 2.24) is 5.32 Å². The maximum absolute atomic E-state index is 11.4. The second kappa shape index (κ2) is 7.58. The van der Waals surface area contributed by atoms with Gasteiger partial charge in [0.25, 0.3) is 0 Å². The zero-order chi connectivity index (χ0) is 14.3. The molecule has 1 aromatic rings. The Morgan fingerprint density at radius 2 is 2.05 bits per heavy atom. The molecule has 1 N–H and O–H groups in total. The second-order valence-electron chi connectivity index (χ2n) is 4.03. The zero-order valence-corrected chi connectivity index (χ0v) is 11.4. The van der Waals surface area contributed by atoms with E-state index < -0.39 is 5.97 Å². The van der Waals surface area contributed by atoms with Gasteiger partial charge in [-0.2, -0.15) is 0 Å². The van der Waals surface area contributed by atoms with Gasteiger partial charge in [0.1, 0.15) is 17.1 Å². The summed E-state index contributed by atoms with van der Waals surface area (Å²) in [6, 6.07) is 1.66. The quantitative estimate of drug-likeness (QED) is 0.596. The molecule has 0 radical (unpaired) electrons. The van der Waals surface area contributed by atoms with Gasteiger partial charge >= 0.3 is 11.9 Å². The number of aryl methyl sites for hydroxylation is 1. The summed E-state index contributed by atoms with van der Waals surface area (Å²) in [6.45, 7) is 2.88. The molecule has 6 heteroatoms. The average molecular weight is 269 g/mol. The number of nitrogens with one attached hydrogen (secondary N) is 1. The van der Waals surface area contributed by atoms with Crippen LogP contribution in [0.2, 0.25) is 0 Å². The Hall–Kier alpha value is -1.82. The monoisotopic (exact) mass is 269 g/mol. The first-order chi connectivity index (χ1) is 9.08. The molecule has 1 aromatic heterocycles. The summed E-state index contributed by atoms with van der Waals surface area (Å²) in [7, 11) is 2.70. The first-order valence-electron chi connectivity index (χ1n) is 6.03. The minimum absolute atomic E-state index is 0.219. The van der Waals surface area contributed by atoms with Crippen molar-refractivity contribution in [3.8, 4) is 0 Å². The SMILES string of the molecule is COC(=O)CCCNCc1cc(C(=O)OC)c(C)o1. The number of rotatable bonds is 7. The molecule has 6 nitrogen and oxygen atoms in total. The highest BCUT2D eigenvalue weighted by Crippen LogP contribution is 2.15. The molecule has 0 atom stereocenters. The Morgan fingerprint density at radius 1 is 1.32 bits per heavy atom. The lowest BCUT2D eigenvalue weighted by Gasteiger charge is -2.01. The minimum atomic E-state index is -0.404. The van der Waals surface area contributed by atoms with Crippen LogP contribution in [-0.4, -0.2) is 32.7 Å². The first kappa shape index (κ1) is 15.2. The van der Waals surface area contributed by atoms with Crippen LogP contribution in [0.15, 0.2) is 10.5 Å². The number of hydrogen-bond acceptors (Lipinski definition) is 6. The molecule has 0 aliphatic carbocycles. The molecule has 1 rings (SSSR count). The minimum Gasteiger partial charge on any atom is -0.469 e. The fourth-order valence-corrected chi connectivity index (χ4v) is 1.61. The van der Waals surface area contributed by atoms with Crippen LogP contribution >= 0.6 is 0 Å². The average Bonchev–Trinajstić information content (AvgIpc) is 2.78. The number of furan rings is 1. The third-order valence-electron chi connectivity index (χ3n) is 2.64. The number of ether oxygens (including phenoxy) is 2. The Bertz CT molecular complexity index is 438. The smallest absolute Gasteiger partial charge is 0.341 e. The molecule has 0 aliphatic rings. The first-order valence-corrected chi connectivity index (χ1v) is 6.03. The summed E-state index contributed by atoms with van der Waals surface area (Å²) in [4.78, 5) is 22.3. The number of esters is 2. The largest absolute Gasteiger partial charge is 0.469 e. The van der Waals surface area contributed by atoms with Crippen LogP contribution in [-0.2, 0) is 20.8 Å². The molecular weight excluding hydrogens is 250 g/mol. The highest BCUT2D eigenvalue weighted by molar-refractivity contribution is 5.90. The van der Waals surface area contributed by atoms with Crippen LogP contribution in [0.1, 0.15) is 34.7 Å². The molecule has 19 heavy (non-hydrogen) atoms. The lowest BCUT2D eigenvalue weighted by molar-refractivity contribution is -0.140. The summed E-state index contributed by atoms with van der Waals surface area (Å²) in [6.07, 6.45) is 1.07. The van der Waals surface area contributed by atoms with E-state index in [9.17, 15) is 9.59 Å². The number of hydrogen-bond donors (Lipinski definition) is 1. The van der Waals surface area contributed by atoms with E-state index in [1.165, 1.54) is 14.2 Å².